The summed E-state index contributed by atoms with van der Waals surface area (Å²) in [6, 6.07) is 18.5. The lowest BCUT2D eigenvalue weighted by Gasteiger charge is -2.03. The molecule has 0 fully saturated rings. The Morgan fingerprint density at radius 1 is 0.941 bits per heavy atom. The van der Waals surface area contributed by atoms with Gasteiger partial charge in [0.15, 0.2) is 7.28 Å². The predicted octanol–water partition coefficient (Wildman–Crippen LogP) is 2.91. The molecule has 0 unspecified atom stereocenters. The van der Waals surface area contributed by atoms with Gasteiger partial charge in [-0.3, -0.25) is 0 Å². The van der Waals surface area contributed by atoms with Crippen molar-refractivity contribution in [3.05, 3.63) is 72.3 Å². The molecule has 0 saturated heterocycles. The molecule has 2 aromatic carbocycles. The summed E-state index contributed by atoms with van der Waals surface area (Å²) in [6.07, 6.45) is 1.95. The van der Waals surface area contributed by atoms with E-state index >= 15 is 0 Å². The van der Waals surface area contributed by atoms with Gasteiger partial charge in [-0.2, -0.15) is 0 Å². The molecule has 2 rings (SSSR count). The highest BCUT2D eigenvalue weighted by Crippen LogP contribution is 2.12. The molecular weight excluding hydrogens is 205 g/mol. The van der Waals surface area contributed by atoms with Crippen LogP contribution in [0.2, 0.25) is 0 Å². The van der Waals surface area contributed by atoms with E-state index in [1.807, 2.05) is 42.5 Å². The van der Waals surface area contributed by atoms with Gasteiger partial charge in [0.05, 0.1) is 0 Å². The van der Waals surface area contributed by atoms with Crippen molar-refractivity contribution in [2.45, 2.75) is 6.92 Å². The van der Waals surface area contributed by atoms with Crippen LogP contribution in [-0.2, 0) is 0 Å². The molecule has 0 spiro atoms. The summed E-state index contributed by atoms with van der Waals surface area (Å²) < 4.78 is 0. The Morgan fingerprint density at radius 2 is 1.65 bits per heavy atom. The van der Waals surface area contributed by atoms with Crippen molar-refractivity contribution in [3.8, 4) is 0 Å². The highest BCUT2D eigenvalue weighted by molar-refractivity contribution is 6.58. The molecule has 0 aliphatic heterocycles. The summed E-state index contributed by atoms with van der Waals surface area (Å²) in [5.74, 6) is 2.02. The molecule has 0 bridgehead atoms. The van der Waals surface area contributed by atoms with E-state index in [2.05, 4.69) is 43.8 Å². The molecule has 17 heavy (non-hydrogen) atoms. The van der Waals surface area contributed by atoms with E-state index in [4.69, 9.17) is 0 Å². The molecule has 1 radical (unpaired) electrons. The molecule has 2 aromatic rings. The summed E-state index contributed by atoms with van der Waals surface area (Å²) in [4.78, 5) is 0. The molecule has 1 nitrogen and oxygen atoms in total. The predicted molar refractivity (Wildman–Crippen MR) is 75.8 cm³/mol. The Balaban J connectivity index is 1.89. The average molecular weight is 220 g/mol. The maximum Gasteiger partial charge on any atom is 0.183 e. The largest absolute Gasteiger partial charge is 0.363 e. The first kappa shape index (κ1) is 11.5. The Morgan fingerprint density at radius 3 is 2.41 bits per heavy atom. The number of rotatable bonds is 4. The Kier molecular flexibility index (Phi) is 4.03. The molecular formula is C15H15BN. The summed E-state index contributed by atoms with van der Waals surface area (Å²) in [5, 5.41) is 3.27. The van der Waals surface area contributed by atoms with Crippen LogP contribution in [0.3, 0.4) is 0 Å². The summed E-state index contributed by atoms with van der Waals surface area (Å²) in [5.41, 5.74) is 3.59. The highest BCUT2D eigenvalue weighted by atomic mass is 14.8. The van der Waals surface area contributed by atoms with Crippen LogP contribution >= 0.6 is 0 Å². The van der Waals surface area contributed by atoms with Crippen LogP contribution in [0.5, 0.6) is 0 Å². The van der Waals surface area contributed by atoms with Gasteiger partial charge in [-0.1, -0.05) is 54.0 Å². The van der Waals surface area contributed by atoms with E-state index in [1.165, 1.54) is 11.0 Å². The first-order valence-electron chi connectivity index (χ1n) is 5.73. The first-order valence-corrected chi connectivity index (χ1v) is 5.73. The zero-order valence-corrected chi connectivity index (χ0v) is 9.93. The quantitative estimate of drug-likeness (QED) is 0.781. The number of nitrogens with one attached hydrogen (secondary N) is 1. The standard InChI is InChI=1S/C15H15BN/c1-13-7-5-6-10-15(13)17-12-11-16-14-8-3-2-4-9-14/h2-12,17H,1H3/b12-11-. The van der Waals surface area contributed by atoms with Crippen LogP contribution < -0.4 is 10.8 Å². The van der Waals surface area contributed by atoms with E-state index < -0.39 is 0 Å². The number of benzene rings is 2. The lowest BCUT2D eigenvalue weighted by atomic mass is 9.71. The van der Waals surface area contributed by atoms with Gasteiger partial charge in [-0.15, -0.1) is 5.98 Å². The molecule has 0 saturated carbocycles. The minimum absolute atomic E-state index is 1.14. The van der Waals surface area contributed by atoms with Crippen molar-refractivity contribution >= 4 is 18.4 Å². The van der Waals surface area contributed by atoms with Crippen molar-refractivity contribution < 1.29 is 0 Å². The summed E-state index contributed by atoms with van der Waals surface area (Å²) in [7, 11) is 2.07. The molecule has 0 aromatic heterocycles. The molecule has 0 heterocycles. The second-order valence-electron chi connectivity index (χ2n) is 3.90. The Labute approximate surface area is 103 Å². The highest BCUT2D eigenvalue weighted by Gasteiger charge is 1.92. The monoisotopic (exact) mass is 220 g/mol. The SMILES string of the molecule is Cc1ccccc1N/C=C\[B]c1ccccc1. The van der Waals surface area contributed by atoms with Gasteiger partial charge < -0.3 is 5.32 Å². The van der Waals surface area contributed by atoms with Crippen LogP contribution in [0.25, 0.3) is 0 Å². The number of aryl methyl sites for hydroxylation is 1. The van der Waals surface area contributed by atoms with Crippen LogP contribution in [0, 0.1) is 6.92 Å². The first-order chi connectivity index (χ1) is 8.36. The fourth-order valence-corrected chi connectivity index (χ4v) is 1.60. The van der Waals surface area contributed by atoms with Gasteiger partial charge in [-0.25, -0.2) is 0 Å². The fraction of sp³-hybridized carbons (Fsp3) is 0.0667. The molecule has 0 aliphatic carbocycles. The van der Waals surface area contributed by atoms with Crippen molar-refractivity contribution in [3.63, 3.8) is 0 Å². The van der Waals surface area contributed by atoms with E-state index in [0.717, 1.165) is 5.69 Å². The van der Waals surface area contributed by atoms with Crippen LogP contribution in [0.4, 0.5) is 5.69 Å². The number of hydrogen-bond donors (Lipinski definition) is 1. The van der Waals surface area contributed by atoms with Gasteiger partial charge in [0.1, 0.15) is 0 Å². The lowest BCUT2D eigenvalue weighted by molar-refractivity contribution is 1.44. The van der Waals surface area contributed by atoms with Gasteiger partial charge in [0, 0.05) is 5.69 Å². The number of para-hydroxylation sites is 1. The molecule has 83 valence electrons. The molecule has 0 atom stereocenters. The third kappa shape index (κ3) is 3.52. The third-order valence-corrected chi connectivity index (χ3v) is 2.57. The molecule has 0 amide bonds. The van der Waals surface area contributed by atoms with E-state index in [-0.39, 0.29) is 0 Å². The van der Waals surface area contributed by atoms with E-state index in [0.29, 0.717) is 0 Å². The number of hydrogen-bond acceptors (Lipinski definition) is 1. The van der Waals surface area contributed by atoms with Gasteiger partial charge in [0.2, 0.25) is 0 Å². The smallest absolute Gasteiger partial charge is 0.183 e. The van der Waals surface area contributed by atoms with Crippen molar-refractivity contribution in [2.75, 3.05) is 5.32 Å². The summed E-state index contributed by atoms with van der Waals surface area (Å²) in [6.45, 7) is 2.09. The third-order valence-electron chi connectivity index (χ3n) is 2.57. The molecule has 2 heteroatoms. The van der Waals surface area contributed by atoms with Crippen molar-refractivity contribution in [1.82, 2.24) is 0 Å². The van der Waals surface area contributed by atoms with Crippen molar-refractivity contribution in [1.29, 1.82) is 0 Å². The van der Waals surface area contributed by atoms with Crippen molar-refractivity contribution in [2.24, 2.45) is 0 Å². The van der Waals surface area contributed by atoms with E-state index in [1.54, 1.807) is 0 Å². The topological polar surface area (TPSA) is 12.0 Å². The van der Waals surface area contributed by atoms with Gasteiger partial charge in [-0.05, 0) is 24.8 Å². The second kappa shape index (κ2) is 5.95. The fourth-order valence-electron chi connectivity index (χ4n) is 1.60. The maximum absolute atomic E-state index is 3.27. The van der Waals surface area contributed by atoms with E-state index in [9.17, 15) is 0 Å². The minimum atomic E-state index is 1.14. The lowest BCUT2D eigenvalue weighted by Crippen LogP contribution is -2.10. The van der Waals surface area contributed by atoms with Crippen LogP contribution in [0.15, 0.2) is 66.8 Å². The Hall–Kier alpha value is -1.96. The minimum Gasteiger partial charge on any atom is -0.363 e. The number of anilines is 1. The zero-order chi connectivity index (χ0) is 11.9. The van der Waals surface area contributed by atoms with Crippen LogP contribution in [-0.4, -0.2) is 7.28 Å². The second-order valence-corrected chi connectivity index (χ2v) is 3.90. The maximum atomic E-state index is 3.27. The van der Waals surface area contributed by atoms with Gasteiger partial charge >= 0.3 is 0 Å². The summed E-state index contributed by atoms with van der Waals surface area (Å²) >= 11 is 0. The van der Waals surface area contributed by atoms with Gasteiger partial charge in [0.25, 0.3) is 0 Å². The normalized spacial score (nSPS) is 10.4. The Bertz CT molecular complexity index is 491. The average Bonchev–Trinajstić information content (AvgIpc) is 2.38. The van der Waals surface area contributed by atoms with Crippen LogP contribution in [0.1, 0.15) is 5.56 Å². The zero-order valence-electron chi connectivity index (χ0n) is 9.93. The molecule has 1 N–H and O–H groups in total. The molecule has 0 aliphatic rings.